The fourth-order valence-corrected chi connectivity index (χ4v) is 2.00. The number of aliphatic hydroxyl groups is 1. The van der Waals surface area contributed by atoms with E-state index in [1.807, 2.05) is 0 Å². The molecule has 8 heteroatoms. The van der Waals surface area contributed by atoms with E-state index in [9.17, 15) is 23.9 Å². The molecular formula is C14H15FN2O5. The molecule has 1 aliphatic rings. The minimum Gasteiger partial charge on any atom is -0.479 e. The molecule has 118 valence electrons. The van der Waals surface area contributed by atoms with Gasteiger partial charge in [0.1, 0.15) is 5.82 Å². The first-order chi connectivity index (χ1) is 10.2. The number of fused-ring (bicyclic) bond motifs is 1. The summed E-state index contributed by atoms with van der Waals surface area (Å²) in [7, 11) is 0. The van der Waals surface area contributed by atoms with Crippen molar-refractivity contribution in [3.63, 3.8) is 0 Å². The zero-order valence-corrected chi connectivity index (χ0v) is 11.8. The summed E-state index contributed by atoms with van der Waals surface area (Å²) in [6, 6.07) is 2.37. The zero-order valence-electron chi connectivity index (χ0n) is 11.8. The molecular weight excluding hydrogens is 295 g/mol. The maximum Gasteiger partial charge on any atom is 0.337 e. The number of nitrogens with one attached hydrogen (secondary N) is 2. The minimum atomic E-state index is -2.14. The third kappa shape index (κ3) is 3.22. The van der Waals surface area contributed by atoms with E-state index in [0.29, 0.717) is 17.7 Å². The van der Waals surface area contributed by atoms with Gasteiger partial charge in [-0.3, -0.25) is 9.59 Å². The lowest BCUT2D eigenvalue weighted by atomic mass is 9.99. The molecule has 0 radical (unpaired) electrons. The Morgan fingerprint density at radius 2 is 2.09 bits per heavy atom. The summed E-state index contributed by atoms with van der Waals surface area (Å²) in [6.45, 7) is 0.461. The molecule has 0 bridgehead atoms. The van der Waals surface area contributed by atoms with Crippen LogP contribution < -0.4 is 10.6 Å². The molecule has 0 spiro atoms. The highest BCUT2D eigenvalue weighted by atomic mass is 19.1. The highest BCUT2D eigenvalue weighted by Crippen LogP contribution is 2.25. The largest absolute Gasteiger partial charge is 0.479 e. The summed E-state index contributed by atoms with van der Waals surface area (Å²) in [5, 5.41) is 23.0. The first-order valence-electron chi connectivity index (χ1n) is 6.57. The summed E-state index contributed by atoms with van der Waals surface area (Å²) in [5.41, 5.74) is -1.47. The van der Waals surface area contributed by atoms with Crippen molar-refractivity contribution in [3.8, 4) is 0 Å². The lowest BCUT2D eigenvalue weighted by molar-refractivity contribution is -0.155. The molecule has 0 saturated heterocycles. The van der Waals surface area contributed by atoms with Crippen LogP contribution in [0, 0.1) is 5.82 Å². The van der Waals surface area contributed by atoms with Gasteiger partial charge in [0.05, 0.1) is 12.1 Å². The van der Waals surface area contributed by atoms with Crippen LogP contribution in [-0.4, -0.2) is 40.1 Å². The molecule has 2 rings (SSSR count). The van der Waals surface area contributed by atoms with Crippen molar-refractivity contribution in [2.24, 2.45) is 0 Å². The maximum absolute atomic E-state index is 13.9. The number of carboxylic acid groups (broad SMARTS) is 1. The third-order valence-corrected chi connectivity index (χ3v) is 3.39. The van der Waals surface area contributed by atoms with Crippen LogP contribution in [0.2, 0.25) is 0 Å². The Hall–Kier alpha value is -2.48. The van der Waals surface area contributed by atoms with Crippen LogP contribution in [0.1, 0.15) is 29.3 Å². The molecule has 1 heterocycles. The second-order valence-corrected chi connectivity index (χ2v) is 5.30. The van der Waals surface area contributed by atoms with Crippen molar-refractivity contribution in [3.05, 3.63) is 29.1 Å². The van der Waals surface area contributed by atoms with Crippen molar-refractivity contribution in [2.75, 3.05) is 11.9 Å². The van der Waals surface area contributed by atoms with Gasteiger partial charge in [-0.05, 0) is 31.0 Å². The van der Waals surface area contributed by atoms with E-state index in [2.05, 4.69) is 10.6 Å². The van der Waals surface area contributed by atoms with Crippen molar-refractivity contribution < 1.29 is 29.0 Å². The van der Waals surface area contributed by atoms with E-state index < -0.39 is 29.8 Å². The van der Waals surface area contributed by atoms with Gasteiger partial charge in [-0.1, -0.05) is 0 Å². The molecule has 0 aliphatic carbocycles. The Kier molecular flexibility index (Phi) is 4.14. The van der Waals surface area contributed by atoms with Crippen LogP contribution in [0.5, 0.6) is 0 Å². The second kappa shape index (κ2) is 5.72. The average Bonchev–Trinajstić information content (AvgIpc) is 2.43. The Labute approximate surface area is 125 Å². The summed E-state index contributed by atoms with van der Waals surface area (Å²) in [5.74, 6) is -3.39. The number of carbonyl (C=O) groups excluding carboxylic acids is 2. The SMILES string of the molecule is CC(O)(CNC(=O)c1cc2c(cc1F)NC(=O)CC2)C(=O)O. The Balaban J connectivity index is 2.17. The molecule has 0 aromatic heterocycles. The standard InChI is InChI=1S/C14H15FN2O5/c1-14(22,13(20)21)6-16-12(19)8-4-7-2-3-11(18)17-10(7)5-9(8)15/h4-5,22H,2-3,6H2,1H3,(H,16,19)(H,17,18)(H,20,21). The molecule has 2 amide bonds. The lowest BCUT2D eigenvalue weighted by Gasteiger charge is -2.20. The van der Waals surface area contributed by atoms with E-state index in [1.165, 1.54) is 6.07 Å². The summed E-state index contributed by atoms with van der Waals surface area (Å²) < 4.78 is 13.9. The first kappa shape index (κ1) is 15.9. The quantitative estimate of drug-likeness (QED) is 0.637. The van der Waals surface area contributed by atoms with Crippen molar-refractivity contribution in [2.45, 2.75) is 25.4 Å². The van der Waals surface area contributed by atoms with Gasteiger partial charge in [0.15, 0.2) is 5.60 Å². The summed E-state index contributed by atoms with van der Waals surface area (Å²) in [6.07, 6.45) is 0.627. The van der Waals surface area contributed by atoms with Gasteiger partial charge in [-0.15, -0.1) is 0 Å². The number of carboxylic acids is 1. The third-order valence-electron chi connectivity index (χ3n) is 3.39. The number of benzene rings is 1. The first-order valence-corrected chi connectivity index (χ1v) is 6.57. The Bertz CT molecular complexity index is 657. The maximum atomic E-state index is 13.9. The molecule has 4 N–H and O–H groups in total. The van der Waals surface area contributed by atoms with Crippen LogP contribution in [-0.2, 0) is 16.0 Å². The van der Waals surface area contributed by atoms with Gasteiger partial charge in [0, 0.05) is 12.1 Å². The smallest absolute Gasteiger partial charge is 0.337 e. The monoisotopic (exact) mass is 310 g/mol. The second-order valence-electron chi connectivity index (χ2n) is 5.30. The number of carbonyl (C=O) groups is 3. The number of hydrogen-bond donors (Lipinski definition) is 4. The topological polar surface area (TPSA) is 116 Å². The Morgan fingerprint density at radius 3 is 2.73 bits per heavy atom. The van der Waals surface area contributed by atoms with E-state index in [4.69, 9.17) is 5.11 Å². The van der Waals surface area contributed by atoms with E-state index in [0.717, 1.165) is 13.0 Å². The minimum absolute atomic E-state index is 0.221. The molecule has 1 aromatic carbocycles. The normalized spacial score (nSPS) is 16.2. The van der Waals surface area contributed by atoms with Gasteiger partial charge < -0.3 is 20.8 Å². The predicted octanol–water partition coefficient (Wildman–Crippen LogP) is 0.276. The molecule has 22 heavy (non-hydrogen) atoms. The molecule has 1 atom stereocenters. The van der Waals surface area contributed by atoms with Crippen LogP contribution in [0.3, 0.4) is 0 Å². The Morgan fingerprint density at radius 1 is 1.41 bits per heavy atom. The summed E-state index contributed by atoms with van der Waals surface area (Å²) in [4.78, 5) is 33.9. The number of aliphatic carboxylic acids is 1. The van der Waals surface area contributed by atoms with E-state index >= 15 is 0 Å². The predicted molar refractivity (Wildman–Crippen MR) is 73.9 cm³/mol. The van der Waals surface area contributed by atoms with Crippen molar-refractivity contribution >= 4 is 23.5 Å². The number of hydrogen-bond acceptors (Lipinski definition) is 4. The summed E-state index contributed by atoms with van der Waals surface area (Å²) >= 11 is 0. The molecule has 7 nitrogen and oxygen atoms in total. The fourth-order valence-electron chi connectivity index (χ4n) is 2.00. The zero-order chi connectivity index (χ0) is 16.5. The van der Waals surface area contributed by atoms with Crippen molar-refractivity contribution in [1.82, 2.24) is 5.32 Å². The number of halogens is 1. The van der Waals surface area contributed by atoms with Crippen LogP contribution in [0.4, 0.5) is 10.1 Å². The lowest BCUT2D eigenvalue weighted by Crippen LogP contribution is -2.46. The van der Waals surface area contributed by atoms with Gasteiger partial charge in [0.2, 0.25) is 5.91 Å². The fraction of sp³-hybridized carbons (Fsp3) is 0.357. The van der Waals surface area contributed by atoms with Crippen LogP contribution in [0.25, 0.3) is 0 Å². The molecule has 0 fully saturated rings. The highest BCUT2D eigenvalue weighted by Gasteiger charge is 2.31. The average molecular weight is 310 g/mol. The van der Waals surface area contributed by atoms with Gasteiger partial charge in [-0.25, -0.2) is 9.18 Å². The number of aryl methyl sites for hydroxylation is 1. The van der Waals surface area contributed by atoms with Crippen molar-refractivity contribution in [1.29, 1.82) is 0 Å². The molecule has 1 unspecified atom stereocenters. The molecule has 0 saturated carbocycles. The number of amides is 2. The van der Waals surface area contributed by atoms with Gasteiger partial charge >= 0.3 is 5.97 Å². The highest BCUT2D eigenvalue weighted by molar-refractivity contribution is 5.98. The van der Waals surface area contributed by atoms with Gasteiger partial charge in [0.25, 0.3) is 5.91 Å². The molecule has 1 aliphatic heterocycles. The number of rotatable bonds is 4. The number of anilines is 1. The van der Waals surface area contributed by atoms with Gasteiger partial charge in [-0.2, -0.15) is 0 Å². The van der Waals surface area contributed by atoms with Crippen LogP contribution >= 0.6 is 0 Å². The van der Waals surface area contributed by atoms with E-state index in [1.54, 1.807) is 0 Å². The molecule has 1 aromatic rings. The van der Waals surface area contributed by atoms with Crippen LogP contribution in [0.15, 0.2) is 12.1 Å². The van der Waals surface area contributed by atoms with E-state index in [-0.39, 0.29) is 17.9 Å².